The third kappa shape index (κ3) is 3.38. The third-order valence-corrected chi connectivity index (χ3v) is 4.51. The number of piperidine rings is 1. The van der Waals surface area contributed by atoms with Gasteiger partial charge in [0.1, 0.15) is 12.4 Å². The van der Waals surface area contributed by atoms with Gasteiger partial charge in [-0.05, 0) is 31.6 Å². The number of likely N-dealkylation sites (tertiary alicyclic amines) is 1. The van der Waals surface area contributed by atoms with E-state index < -0.39 is 0 Å². The topological polar surface area (TPSA) is 55.8 Å². The van der Waals surface area contributed by atoms with Crippen molar-refractivity contribution in [2.75, 3.05) is 26.4 Å². The van der Waals surface area contributed by atoms with E-state index in [1.807, 2.05) is 4.90 Å². The van der Waals surface area contributed by atoms with Crippen LogP contribution < -0.4 is 0 Å². The number of hydrogen-bond acceptors (Lipinski definition) is 4. The fourth-order valence-electron chi connectivity index (χ4n) is 3.20. The van der Waals surface area contributed by atoms with Crippen LogP contribution in [0.25, 0.3) is 0 Å². The molecule has 0 aromatic heterocycles. The molecule has 5 nitrogen and oxygen atoms in total. The summed E-state index contributed by atoms with van der Waals surface area (Å²) in [4.78, 5) is 25.7. The smallest absolute Gasteiger partial charge is 0.248 e. The van der Waals surface area contributed by atoms with Crippen LogP contribution >= 0.6 is 0 Å². The SMILES string of the molecule is O=C1CCN(C(=O)COCC2CCCO2)C(C2CC2)C1. The molecule has 3 fully saturated rings. The standard InChI is InChI=1S/C15H23NO4/c17-12-5-6-16(14(8-12)11-3-4-11)15(18)10-19-9-13-2-1-7-20-13/h11,13-14H,1-10H2. The number of amides is 1. The van der Waals surface area contributed by atoms with Crippen molar-refractivity contribution in [2.45, 2.75) is 50.7 Å². The molecule has 1 amide bonds. The number of ketones is 1. The summed E-state index contributed by atoms with van der Waals surface area (Å²) in [6.45, 7) is 2.01. The van der Waals surface area contributed by atoms with E-state index in [1.54, 1.807) is 0 Å². The zero-order valence-electron chi connectivity index (χ0n) is 11.9. The van der Waals surface area contributed by atoms with E-state index in [-0.39, 0.29) is 24.7 Å². The van der Waals surface area contributed by atoms with Crippen molar-refractivity contribution < 1.29 is 19.1 Å². The lowest BCUT2D eigenvalue weighted by atomic mass is 9.97. The molecule has 2 saturated heterocycles. The van der Waals surface area contributed by atoms with Gasteiger partial charge in [0.05, 0.1) is 12.7 Å². The van der Waals surface area contributed by atoms with E-state index in [2.05, 4.69) is 0 Å². The monoisotopic (exact) mass is 281 g/mol. The molecule has 2 atom stereocenters. The summed E-state index contributed by atoms with van der Waals surface area (Å²) in [6, 6.07) is 0.134. The Morgan fingerprint density at radius 1 is 1.35 bits per heavy atom. The van der Waals surface area contributed by atoms with Gasteiger partial charge in [0.2, 0.25) is 5.91 Å². The van der Waals surface area contributed by atoms with Gasteiger partial charge in [-0.3, -0.25) is 9.59 Å². The lowest BCUT2D eigenvalue weighted by Crippen LogP contribution is -2.49. The molecule has 2 aliphatic heterocycles. The number of carbonyl (C=O) groups is 2. The number of rotatable bonds is 5. The van der Waals surface area contributed by atoms with Crippen LogP contribution in [0.2, 0.25) is 0 Å². The molecule has 0 radical (unpaired) electrons. The lowest BCUT2D eigenvalue weighted by molar-refractivity contribution is -0.143. The zero-order chi connectivity index (χ0) is 13.9. The van der Waals surface area contributed by atoms with Gasteiger partial charge in [-0.2, -0.15) is 0 Å². The Morgan fingerprint density at radius 3 is 2.90 bits per heavy atom. The highest BCUT2D eigenvalue weighted by Gasteiger charge is 2.40. The van der Waals surface area contributed by atoms with Gasteiger partial charge >= 0.3 is 0 Å². The summed E-state index contributed by atoms with van der Waals surface area (Å²) in [5.41, 5.74) is 0. The number of hydrogen-bond donors (Lipinski definition) is 0. The maximum Gasteiger partial charge on any atom is 0.248 e. The fraction of sp³-hybridized carbons (Fsp3) is 0.867. The van der Waals surface area contributed by atoms with E-state index in [1.165, 1.54) is 0 Å². The van der Waals surface area contributed by atoms with Gasteiger partial charge in [0.15, 0.2) is 0 Å². The molecule has 0 aromatic rings. The Bertz CT molecular complexity index is 374. The minimum absolute atomic E-state index is 0.0346. The summed E-state index contributed by atoms with van der Waals surface area (Å²) in [5.74, 6) is 0.875. The van der Waals surface area contributed by atoms with Gasteiger partial charge in [0.25, 0.3) is 0 Å². The Hall–Kier alpha value is -0.940. The highest BCUT2D eigenvalue weighted by atomic mass is 16.5. The Morgan fingerprint density at radius 2 is 2.20 bits per heavy atom. The van der Waals surface area contributed by atoms with Crippen LogP contribution in [0.1, 0.15) is 38.5 Å². The molecule has 3 rings (SSSR count). The van der Waals surface area contributed by atoms with Crippen molar-refractivity contribution >= 4 is 11.7 Å². The average molecular weight is 281 g/mol. The van der Waals surface area contributed by atoms with Gasteiger partial charge in [0, 0.05) is 32.0 Å². The minimum atomic E-state index is 0.0346. The molecule has 5 heteroatoms. The number of carbonyl (C=O) groups excluding carboxylic acids is 2. The molecule has 0 bridgehead atoms. The molecule has 20 heavy (non-hydrogen) atoms. The Labute approximate surface area is 119 Å². The number of ether oxygens (including phenoxy) is 2. The van der Waals surface area contributed by atoms with E-state index >= 15 is 0 Å². The summed E-state index contributed by atoms with van der Waals surface area (Å²) >= 11 is 0. The lowest BCUT2D eigenvalue weighted by Gasteiger charge is -2.35. The van der Waals surface area contributed by atoms with Gasteiger partial charge in [-0.15, -0.1) is 0 Å². The van der Waals surface area contributed by atoms with Crippen LogP contribution in [0.5, 0.6) is 0 Å². The molecule has 1 saturated carbocycles. The molecule has 2 unspecified atom stereocenters. The van der Waals surface area contributed by atoms with Gasteiger partial charge in [-0.1, -0.05) is 0 Å². The van der Waals surface area contributed by atoms with Crippen LogP contribution in [0.15, 0.2) is 0 Å². The van der Waals surface area contributed by atoms with Crippen molar-refractivity contribution in [3.63, 3.8) is 0 Å². The molecule has 3 aliphatic rings. The fourth-order valence-corrected chi connectivity index (χ4v) is 3.20. The number of nitrogens with zero attached hydrogens (tertiary/aromatic N) is 1. The van der Waals surface area contributed by atoms with Crippen molar-refractivity contribution in [3.05, 3.63) is 0 Å². The summed E-state index contributed by atoms with van der Waals surface area (Å²) in [7, 11) is 0. The Kier molecular flexibility index (Phi) is 4.36. The predicted molar refractivity (Wildman–Crippen MR) is 72.3 cm³/mol. The van der Waals surface area contributed by atoms with Crippen molar-refractivity contribution in [3.8, 4) is 0 Å². The summed E-state index contributed by atoms with van der Waals surface area (Å²) < 4.78 is 11.0. The quantitative estimate of drug-likeness (QED) is 0.758. The third-order valence-electron chi connectivity index (χ3n) is 4.51. The maximum atomic E-state index is 12.3. The molecule has 0 spiro atoms. The van der Waals surface area contributed by atoms with Crippen molar-refractivity contribution in [2.24, 2.45) is 5.92 Å². The second kappa shape index (κ2) is 6.22. The second-order valence-corrected chi connectivity index (χ2v) is 6.13. The average Bonchev–Trinajstić information content (AvgIpc) is 3.16. The van der Waals surface area contributed by atoms with E-state index in [0.717, 1.165) is 32.3 Å². The first-order valence-electron chi connectivity index (χ1n) is 7.74. The van der Waals surface area contributed by atoms with Crippen LogP contribution in [-0.2, 0) is 19.1 Å². The predicted octanol–water partition coefficient (Wildman–Crippen LogP) is 1.15. The van der Waals surface area contributed by atoms with E-state index in [0.29, 0.717) is 37.7 Å². The second-order valence-electron chi connectivity index (χ2n) is 6.13. The summed E-state index contributed by atoms with van der Waals surface area (Å²) in [6.07, 6.45) is 5.61. The highest BCUT2D eigenvalue weighted by molar-refractivity contribution is 5.84. The molecule has 0 N–H and O–H groups in total. The first kappa shape index (κ1) is 14.0. The Balaban J connectivity index is 1.46. The van der Waals surface area contributed by atoms with E-state index in [4.69, 9.17) is 9.47 Å². The molecule has 112 valence electrons. The first-order valence-corrected chi connectivity index (χ1v) is 7.74. The van der Waals surface area contributed by atoms with Crippen LogP contribution in [0.3, 0.4) is 0 Å². The first-order chi connectivity index (χ1) is 9.74. The highest BCUT2D eigenvalue weighted by Crippen LogP contribution is 2.38. The van der Waals surface area contributed by atoms with Crippen LogP contribution in [0.4, 0.5) is 0 Å². The van der Waals surface area contributed by atoms with Gasteiger partial charge < -0.3 is 14.4 Å². The molecule has 2 heterocycles. The number of Topliss-reactive ketones (excluding diaryl/α,β-unsaturated/α-hetero) is 1. The largest absolute Gasteiger partial charge is 0.376 e. The summed E-state index contributed by atoms with van der Waals surface area (Å²) in [5, 5.41) is 0. The normalized spacial score (nSPS) is 30.8. The van der Waals surface area contributed by atoms with Gasteiger partial charge in [-0.25, -0.2) is 0 Å². The maximum absolute atomic E-state index is 12.3. The zero-order valence-corrected chi connectivity index (χ0v) is 11.9. The van der Waals surface area contributed by atoms with Crippen LogP contribution in [0, 0.1) is 5.92 Å². The molecular formula is C15H23NO4. The molecule has 1 aliphatic carbocycles. The minimum Gasteiger partial charge on any atom is -0.376 e. The molecule has 0 aromatic carbocycles. The van der Waals surface area contributed by atoms with E-state index in [9.17, 15) is 9.59 Å². The van der Waals surface area contributed by atoms with Crippen LogP contribution in [-0.4, -0.2) is 55.1 Å². The van der Waals surface area contributed by atoms with Crippen molar-refractivity contribution in [1.29, 1.82) is 0 Å². The van der Waals surface area contributed by atoms with Crippen molar-refractivity contribution in [1.82, 2.24) is 4.90 Å². The molecular weight excluding hydrogens is 258 g/mol.